The van der Waals surface area contributed by atoms with Gasteiger partial charge in [0, 0.05) is 0 Å². The number of anilines is 1. The predicted octanol–water partition coefficient (Wildman–Crippen LogP) is 2.26. The van der Waals surface area contributed by atoms with E-state index in [1.54, 1.807) is 0 Å². The Kier molecular flexibility index (Phi) is 2.35. The van der Waals surface area contributed by atoms with Crippen LogP contribution in [0.25, 0.3) is 0 Å². The molecule has 1 aliphatic rings. The summed E-state index contributed by atoms with van der Waals surface area (Å²) in [5.74, 6) is -2.80. The number of nitrogens with one attached hydrogen (secondary N) is 1. The van der Waals surface area contributed by atoms with E-state index >= 15 is 0 Å². The molecule has 2 N–H and O–H groups in total. The molecule has 0 saturated carbocycles. The summed E-state index contributed by atoms with van der Waals surface area (Å²) in [7, 11) is 0. The first-order valence-electron chi connectivity index (χ1n) is 4.10. The molecule has 0 spiro atoms. The number of carbonyl (C=O) groups is 1. The lowest BCUT2D eigenvalue weighted by molar-refractivity contribution is 0.117. The molecule has 1 aromatic rings. The smallest absolute Gasteiger partial charge is 0.454 e. The summed E-state index contributed by atoms with van der Waals surface area (Å²) in [6.45, 7) is 0. The Morgan fingerprint density at radius 2 is 2.19 bits per heavy atom. The van der Waals surface area contributed by atoms with Crippen molar-refractivity contribution in [3.05, 3.63) is 35.9 Å². The first-order chi connectivity index (χ1) is 7.58. The lowest BCUT2D eigenvalue weighted by atomic mass is 10.2. The number of hydrogen-bond acceptors (Lipinski definition) is 4. The van der Waals surface area contributed by atoms with Crippen molar-refractivity contribution in [2.45, 2.75) is 0 Å². The molecule has 1 aromatic carbocycles. The minimum absolute atomic E-state index is 0.0812. The van der Waals surface area contributed by atoms with Crippen LogP contribution in [0, 0.1) is 11.6 Å². The number of halogens is 2. The predicted molar refractivity (Wildman–Crippen MR) is 47.8 cm³/mol. The molecule has 5 nitrogen and oxygen atoms in total. The third kappa shape index (κ3) is 1.74. The van der Waals surface area contributed by atoms with Gasteiger partial charge in [-0.2, -0.15) is 4.39 Å². The summed E-state index contributed by atoms with van der Waals surface area (Å²) in [6.07, 6.45) is -0.715. The van der Waals surface area contributed by atoms with Gasteiger partial charge in [0.05, 0.1) is 5.69 Å². The van der Waals surface area contributed by atoms with E-state index in [2.05, 4.69) is 10.1 Å². The van der Waals surface area contributed by atoms with Gasteiger partial charge in [-0.25, -0.2) is 9.18 Å². The van der Waals surface area contributed by atoms with Gasteiger partial charge < -0.3 is 19.9 Å². The van der Waals surface area contributed by atoms with Crippen molar-refractivity contribution >= 4 is 11.8 Å². The van der Waals surface area contributed by atoms with Crippen LogP contribution in [0.15, 0.2) is 24.3 Å². The summed E-state index contributed by atoms with van der Waals surface area (Å²) < 4.78 is 34.9. The molecule has 0 amide bonds. The van der Waals surface area contributed by atoms with Crippen LogP contribution in [0.5, 0.6) is 5.75 Å². The Hall–Kier alpha value is -2.31. The average molecular weight is 229 g/mol. The molecule has 0 atom stereocenters. The number of ether oxygens (including phenoxy) is 2. The number of hydrogen-bond donors (Lipinski definition) is 2. The standard InChI is InChI=1S/C9H5F2NO4/c10-4-1-2-5-8(7(4)11)15-3-6(12-5)16-9(13)14/h1-3,12H,(H,13,14). The van der Waals surface area contributed by atoms with E-state index in [-0.39, 0.29) is 17.3 Å². The van der Waals surface area contributed by atoms with Crippen molar-refractivity contribution in [2.24, 2.45) is 0 Å². The minimum atomic E-state index is -1.55. The van der Waals surface area contributed by atoms with Crippen LogP contribution in [0.4, 0.5) is 19.3 Å². The molecule has 0 unspecified atom stereocenters. The van der Waals surface area contributed by atoms with Gasteiger partial charge in [-0.3, -0.25) is 0 Å². The SMILES string of the molecule is O=C(O)OC1=COc2c(ccc(F)c2F)N1. The van der Waals surface area contributed by atoms with E-state index in [9.17, 15) is 13.6 Å². The zero-order valence-electron chi connectivity index (χ0n) is 7.66. The van der Waals surface area contributed by atoms with E-state index in [4.69, 9.17) is 9.84 Å². The maximum Gasteiger partial charge on any atom is 0.512 e. The summed E-state index contributed by atoms with van der Waals surface area (Å²) >= 11 is 0. The first-order valence-corrected chi connectivity index (χ1v) is 4.10. The molecule has 7 heteroatoms. The second kappa shape index (κ2) is 3.69. The van der Waals surface area contributed by atoms with Crippen molar-refractivity contribution in [3.63, 3.8) is 0 Å². The fraction of sp³-hybridized carbons (Fsp3) is 0. The van der Waals surface area contributed by atoms with Crippen molar-refractivity contribution in [1.82, 2.24) is 0 Å². The zero-order valence-corrected chi connectivity index (χ0v) is 7.66. The van der Waals surface area contributed by atoms with Gasteiger partial charge in [0.1, 0.15) is 0 Å². The molecule has 0 aliphatic carbocycles. The van der Waals surface area contributed by atoms with Crippen LogP contribution in [-0.4, -0.2) is 11.3 Å². The average Bonchev–Trinajstić information content (AvgIpc) is 2.23. The number of benzene rings is 1. The molecule has 0 saturated heterocycles. The molecule has 0 bridgehead atoms. The number of fused-ring (bicyclic) bond motifs is 1. The van der Waals surface area contributed by atoms with Crippen LogP contribution in [-0.2, 0) is 4.74 Å². The highest BCUT2D eigenvalue weighted by atomic mass is 19.2. The highest BCUT2D eigenvalue weighted by Crippen LogP contribution is 2.33. The maximum absolute atomic E-state index is 13.1. The van der Waals surface area contributed by atoms with Gasteiger partial charge in [0.2, 0.25) is 11.7 Å². The molecule has 0 radical (unpaired) electrons. The van der Waals surface area contributed by atoms with Crippen molar-refractivity contribution in [2.75, 3.05) is 5.32 Å². The second-order valence-electron chi connectivity index (χ2n) is 2.83. The molecule has 2 rings (SSSR count). The van der Waals surface area contributed by atoms with Crippen LogP contribution < -0.4 is 10.1 Å². The van der Waals surface area contributed by atoms with Crippen LogP contribution in [0.2, 0.25) is 0 Å². The second-order valence-corrected chi connectivity index (χ2v) is 2.83. The monoisotopic (exact) mass is 229 g/mol. The van der Waals surface area contributed by atoms with Crippen molar-refractivity contribution in [3.8, 4) is 5.75 Å². The Morgan fingerprint density at radius 3 is 2.88 bits per heavy atom. The number of carboxylic acid groups (broad SMARTS) is 1. The highest BCUT2D eigenvalue weighted by molar-refractivity contribution is 5.64. The molecular weight excluding hydrogens is 224 g/mol. The molecule has 0 fully saturated rings. The summed E-state index contributed by atoms with van der Waals surface area (Å²) in [5.41, 5.74) is 0.0812. The van der Waals surface area contributed by atoms with E-state index in [0.717, 1.165) is 12.3 Å². The van der Waals surface area contributed by atoms with Gasteiger partial charge in [0.25, 0.3) is 0 Å². The summed E-state index contributed by atoms with van der Waals surface area (Å²) in [5, 5.41) is 10.7. The van der Waals surface area contributed by atoms with E-state index in [1.807, 2.05) is 0 Å². The topological polar surface area (TPSA) is 67.8 Å². The van der Waals surface area contributed by atoms with Crippen molar-refractivity contribution < 1.29 is 28.2 Å². The van der Waals surface area contributed by atoms with Crippen LogP contribution >= 0.6 is 0 Å². The lowest BCUT2D eigenvalue weighted by Gasteiger charge is -2.18. The third-order valence-electron chi connectivity index (χ3n) is 1.79. The maximum atomic E-state index is 13.1. The molecular formula is C9H5F2NO4. The first kappa shape index (κ1) is 10.2. The minimum Gasteiger partial charge on any atom is -0.454 e. The van der Waals surface area contributed by atoms with E-state index in [1.165, 1.54) is 6.07 Å². The molecule has 1 aliphatic heterocycles. The van der Waals surface area contributed by atoms with E-state index < -0.39 is 17.8 Å². The molecule has 0 aromatic heterocycles. The Bertz CT molecular complexity index is 487. The van der Waals surface area contributed by atoms with Gasteiger partial charge in [-0.05, 0) is 12.1 Å². The van der Waals surface area contributed by atoms with E-state index in [0.29, 0.717) is 0 Å². The van der Waals surface area contributed by atoms with Gasteiger partial charge in [-0.1, -0.05) is 0 Å². The fourth-order valence-electron chi connectivity index (χ4n) is 1.16. The Balaban J connectivity index is 2.28. The number of rotatable bonds is 1. The van der Waals surface area contributed by atoms with Crippen LogP contribution in [0.3, 0.4) is 0 Å². The molecule has 1 heterocycles. The van der Waals surface area contributed by atoms with Gasteiger partial charge in [-0.15, -0.1) is 0 Å². The Morgan fingerprint density at radius 1 is 1.44 bits per heavy atom. The quantitative estimate of drug-likeness (QED) is 0.723. The third-order valence-corrected chi connectivity index (χ3v) is 1.79. The Labute approximate surface area is 87.9 Å². The van der Waals surface area contributed by atoms with Crippen molar-refractivity contribution in [1.29, 1.82) is 0 Å². The molecule has 16 heavy (non-hydrogen) atoms. The normalized spacial score (nSPS) is 13.0. The van der Waals surface area contributed by atoms with Gasteiger partial charge >= 0.3 is 6.16 Å². The fourth-order valence-corrected chi connectivity index (χ4v) is 1.16. The largest absolute Gasteiger partial charge is 0.512 e. The zero-order chi connectivity index (χ0) is 11.7. The molecule has 84 valence electrons. The lowest BCUT2D eigenvalue weighted by Crippen LogP contribution is -2.14. The van der Waals surface area contributed by atoms with Gasteiger partial charge in [0.15, 0.2) is 17.8 Å². The summed E-state index contributed by atoms with van der Waals surface area (Å²) in [6, 6.07) is 2.08. The highest BCUT2D eigenvalue weighted by Gasteiger charge is 2.20. The summed E-state index contributed by atoms with van der Waals surface area (Å²) in [4.78, 5) is 10.2. The van der Waals surface area contributed by atoms with Crippen LogP contribution in [0.1, 0.15) is 0 Å².